The number of carbonyl (C=O) groups excluding carboxylic acids is 1. The van der Waals surface area contributed by atoms with Gasteiger partial charge in [-0.1, -0.05) is 49.7 Å². The van der Waals surface area contributed by atoms with Gasteiger partial charge in [0, 0.05) is 29.9 Å². The summed E-state index contributed by atoms with van der Waals surface area (Å²) in [6.07, 6.45) is 2.48. The highest BCUT2D eigenvalue weighted by Gasteiger charge is 2.15. The number of amides is 1. The third-order valence-corrected chi connectivity index (χ3v) is 6.57. The van der Waals surface area contributed by atoms with Crippen LogP contribution in [0.25, 0.3) is 16.9 Å². The molecule has 5 heteroatoms. The lowest BCUT2D eigenvalue weighted by Crippen LogP contribution is -2.30. The first-order valence-corrected chi connectivity index (χ1v) is 12.7. The summed E-state index contributed by atoms with van der Waals surface area (Å²) < 4.78 is 2.25. The smallest absolute Gasteiger partial charge is 0.220 e. The number of benzene rings is 2. The minimum Gasteiger partial charge on any atom is -0.356 e. The van der Waals surface area contributed by atoms with Gasteiger partial charge in [0.25, 0.3) is 0 Å². The number of rotatable bonds is 12. The molecule has 1 amide bonds. The molecule has 0 fully saturated rings. The molecule has 0 saturated heterocycles. The van der Waals surface area contributed by atoms with Crippen molar-refractivity contribution in [2.75, 3.05) is 26.2 Å². The van der Waals surface area contributed by atoms with Gasteiger partial charge < -0.3 is 14.8 Å². The molecule has 0 saturated carbocycles. The maximum absolute atomic E-state index is 12.6. The van der Waals surface area contributed by atoms with Gasteiger partial charge in [-0.05, 0) is 81.7 Å². The normalized spacial score (nSPS) is 11.0. The molecular weight excluding hydrogens is 432 g/mol. The van der Waals surface area contributed by atoms with E-state index in [2.05, 4.69) is 91.0 Å². The highest BCUT2D eigenvalue weighted by molar-refractivity contribution is 5.76. The van der Waals surface area contributed by atoms with E-state index in [0.29, 0.717) is 25.8 Å². The lowest BCUT2D eigenvalue weighted by molar-refractivity contribution is -0.121. The summed E-state index contributed by atoms with van der Waals surface area (Å²) in [6.45, 7) is 12.4. The van der Waals surface area contributed by atoms with Crippen LogP contribution in [0, 0.1) is 25.2 Å². The number of hydrogen-bond acceptors (Lipinski definition) is 3. The predicted octanol–water partition coefficient (Wildman–Crippen LogP) is 5.61. The fourth-order valence-electron chi connectivity index (χ4n) is 4.54. The number of nitriles is 1. The van der Waals surface area contributed by atoms with E-state index in [1.165, 1.54) is 16.7 Å². The predicted molar refractivity (Wildman–Crippen MR) is 144 cm³/mol. The molecule has 3 aromatic rings. The molecule has 2 aromatic carbocycles. The zero-order valence-corrected chi connectivity index (χ0v) is 21.6. The second kappa shape index (κ2) is 12.9. The average Bonchev–Trinajstić information content (AvgIpc) is 3.27. The van der Waals surface area contributed by atoms with Crippen LogP contribution in [-0.4, -0.2) is 41.6 Å². The van der Waals surface area contributed by atoms with Crippen molar-refractivity contribution in [1.29, 1.82) is 5.26 Å². The largest absolute Gasteiger partial charge is 0.356 e. The SMILES string of the molecule is CCN(CC)CCCNC(=O)CCc1ccc(-c2ccc(C)cc2C)n1-c1ccc(CC#N)cc1. The molecule has 0 aliphatic heterocycles. The molecule has 0 bridgehead atoms. The van der Waals surface area contributed by atoms with Crippen LogP contribution < -0.4 is 5.32 Å². The van der Waals surface area contributed by atoms with E-state index in [-0.39, 0.29) is 5.91 Å². The first-order valence-electron chi connectivity index (χ1n) is 12.7. The number of nitrogens with one attached hydrogen (secondary N) is 1. The molecule has 1 heterocycles. The molecule has 0 aliphatic carbocycles. The number of carbonyl (C=O) groups is 1. The van der Waals surface area contributed by atoms with Crippen LogP contribution >= 0.6 is 0 Å². The summed E-state index contributed by atoms with van der Waals surface area (Å²) in [6, 6.07) is 21.2. The van der Waals surface area contributed by atoms with E-state index in [4.69, 9.17) is 5.26 Å². The van der Waals surface area contributed by atoms with Crippen LogP contribution in [0.1, 0.15) is 49.1 Å². The fraction of sp³-hybridized carbons (Fsp3) is 0.400. The Balaban J connectivity index is 1.78. The topological polar surface area (TPSA) is 61.1 Å². The van der Waals surface area contributed by atoms with Gasteiger partial charge in [-0.3, -0.25) is 4.79 Å². The molecule has 184 valence electrons. The highest BCUT2D eigenvalue weighted by atomic mass is 16.1. The summed E-state index contributed by atoms with van der Waals surface area (Å²) in [5.74, 6) is 0.0923. The Labute approximate surface area is 210 Å². The first-order chi connectivity index (χ1) is 17.0. The lowest BCUT2D eigenvalue weighted by atomic mass is 10.0. The summed E-state index contributed by atoms with van der Waals surface area (Å²) >= 11 is 0. The average molecular weight is 471 g/mol. The number of aryl methyl sites for hydroxylation is 3. The van der Waals surface area contributed by atoms with Crippen LogP contribution in [0.5, 0.6) is 0 Å². The molecule has 5 nitrogen and oxygen atoms in total. The van der Waals surface area contributed by atoms with Crippen LogP contribution in [-0.2, 0) is 17.6 Å². The number of hydrogen-bond donors (Lipinski definition) is 1. The van der Waals surface area contributed by atoms with Crippen LogP contribution in [0.3, 0.4) is 0 Å². The zero-order chi connectivity index (χ0) is 25.2. The summed E-state index contributed by atoms with van der Waals surface area (Å²) in [7, 11) is 0. The molecule has 0 aliphatic rings. The van der Waals surface area contributed by atoms with E-state index in [1.807, 2.05) is 12.1 Å². The van der Waals surface area contributed by atoms with E-state index >= 15 is 0 Å². The Morgan fingerprint density at radius 2 is 1.77 bits per heavy atom. The van der Waals surface area contributed by atoms with E-state index in [0.717, 1.165) is 48.7 Å². The molecule has 0 spiro atoms. The minimum absolute atomic E-state index is 0.0923. The molecule has 1 aromatic heterocycles. The summed E-state index contributed by atoms with van der Waals surface area (Å²) in [4.78, 5) is 14.9. The molecule has 0 atom stereocenters. The third kappa shape index (κ3) is 7.07. The van der Waals surface area contributed by atoms with Crippen molar-refractivity contribution in [3.05, 3.63) is 77.0 Å². The molecule has 35 heavy (non-hydrogen) atoms. The quantitative estimate of drug-likeness (QED) is 0.350. The van der Waals surface area contributed by atoms with Crippen molar-refractivity contribution in [2.24, 2.45) is 0 Å². The van der Waals surface area contributed by atoms with Crippen molar-refractivity contribution in [3.8, 4) is 23.0 Å². The van der Waals surface area contributed by atoms with Gasteiger partial charge in [-0.15, -0.1) is 0 Å². The van der Waals surface area contributed by atoms with Crippen molar-refractivity contribution >= 4 is 5.91 Å². The fourth-order valence-corrected chi connectivity index (χ4v) is 4.54. The van der Waals surface area contributed by atoms with Gasteiger partial charge >= 0.3 is 0 Å². The molecule has 0 radical (unpaired) electrons. The first kappa shape index (κ1) is 26.2. The standard InChI is InChI=1S/C30H38N4O/c1-5-33(6-2)21-7-20-32-30(35)17-14-27-13-16-29(28-15-8-23(3)22-24(28)4)34(27)26-11-9-25(10-12-26)18-19-31/h8-13,15-16,22H,5-7,14,17-18,20-21H2,1-4H3,(H,32,35). The Bertz CT molecular complexity index is 1150. The van der Waals surface area contributed by atoms with Crippen molar-refractivity contribution < 1.29 is 4.79 Å². The Morgan fingerprint density at radius 3 is 2.43 bits per heavy atom. The van der Waals surface area contributed by atoms with Gasteiger partial charge in [-0.2, -0.15) is 5.26 Å². The van der Waals surface area contributed by atoms with Gasteiger partial charge in [0.2, 0.25) is 5.91 Å². The molecule has 1 N–H and O–H groups in total. The van der Waals surface area contributed by atoms with Gasteiger partial charge in [0.15, 0.2) is 0 Å². The van der Waals surface area contributed by atoms with Gasteiger partial charge in [0.1, 0.15) is 0 Å². The van der Waals surface area contributed by atoms with Crippen molar-refractivity contribution in [3.63, 3.8) is 0 Å². The van der Waals surface area contributed by atoms with Crippen LogP contribution in [0.15, 0.2) is 54.6 Å². The van der Waals surface area contributed by atoms with Crippen molar-refractivity contribution in [2.45, 2.75) is 53.4 Å². The number of nitrogens with zero attached hydrogens (tertiary/aromatic N) is 3. The van der Waals surface area contributed by atoms with Gasteiger partial charge in [-0.25, -0.2) is 0 Å². The third-order valence-electron chi connectivity index (χ3n) is 6.57. The minimum atomic E-state index is 0.0923. The number of aromatic nitrogens is 1. The van der Waals surface area contributed by atoms with Crippen LogP contribution in [0.4, 0.5) is 0 Å². The lowest BCUT2D eigenvalue weighted by Gasteiger charge is -2.18. The van der Waals surface area contributed by atoms with Crippen LogP contribution in [0.2, 0.25) is 0 Å². The summed E-state index contributed by atoms with van der Waals surface area (Å²) in [5, 5.41) is 12.1. The molecule has 0 unspecified atom stereocenters. The summed E-state index contributed by atoms with van der Waals surface area (Å²) in [5.41, 5.74) is 7.91. The van der Waals surface area contributed by atoms with Gasteiger partial charge in [0.05, 0.1) is 18.2 Å². The second-order valence-electron chi connectivity index (χ2n) is 9.10. The zero-order valence-electron chi connectivity index (χ0n) is 21.6. The molecule has 3 rings (SSSR count). The molecular formula is C30H38N4O. The second-order valence-corrected chi connectivity index (χ2v) is 9.10. The Morgan fingerprint density at radius 1 is 1.03 bits per heavy atom. The van der Waals surface area contributed by atoms with E-state index in [1.54, 1.807) is 0 Å². The highest BCUT2D eigenvalue weighted by Crippen LogP contribution is 2.30. The monoisotopic (exact) mass is 470 g/mol. The van der Waals surface area contributed by atoms with Crippen molar-refractivity contribution in [1.82, 2.24) is 14.8 Å². The maximum Gasteiger partial charge on any atom is 0.220 e. The Hall–Kier alpha value is -3.36. The van der Waals surface area contributed by atoms with E-state index in [9.17, 15) is 4.79 Å². The Kier molecular flexibility index (Phi) is 9.69. The maximum atomic E-state index is 12.6. The van der Waals surface area contributed by atoms with E-state index < -0.39 is 0 Å².